The summed E-state index contributed by atoms with van der Waals surface area (Å²) in [6.07, 6.45) is 0. The van der Waals surface area contributed by atoms with Crippen LogP contribution in [0.4, 0.5) is 17.1 Å². The highest BCUT2D eigenvalue weighted by atomic mass is 15.1. The molecule has 0 heterocycles. The van der Waals surface area contributed by atoms with Crippen molar-refractivity contribution in [2.24, 2.45) is 0 Å². The molecule has 0 spiro atoms. The normalized spacial score (nSPS) is 13.0. The van der Waals surface area contributed by atoms with Gasteiger partial charge in [0.15, 0.2) is 0 Å². The van der Waals surface area contributed by atoms with Crippen LogP contribution in [-0.2, 0) is 5.41 Å². The predicted octanol–water partition coefficient (Wildman–Crippen LogP) is 13.1. The maximum atomic E-state index is 2.43. The van der Waals surface area contributed by atoms with Crippen LogP contribution in [0.3, 0.4) is 0 Å². The molecule has 0 aromatic heterocycles. The number of anilines is 3. The molecule has 0 bridgehead atoms. The van der Waals surface area contributed by atoms with Crippen molar-refractivity contribution in [2.75, 3.05) is 4.90 Å². The Morgan fingerprint density at radius 2 is 0.812 bits per heavy atom. The van der Waals surface area contributed by atoms with Gasteiger partial charge in [-0.3, -0.25) is 0 Å². The van der Waals surface area contributed by atoms with E-state index in [0.29, 0.717) is 0 Å². The van der Waals surface area contributed by atoms with E-state index in [9.17, 15) is 0 Å². The van der Waals surface area contributed by atoms with Crippen molar-refractivity contribution in [1.29, 1.82) is 0 Å². The Balaban J connectivity index is 1.24. The first-order valence-corrected chi connectivity index (χ1v) is 16.8. The second-order valence-corrected chi connectivity index (χ2v) is 13.4. The lowest BCUT2D eigenvalue weighted by atomic mass is 9.82. The van der Waals surface area contributed by atoms with Gasteiger partial charge in [-0.15, -0.1) is 0 Å². The summed E-state index contributed by atoms with van der Waals surface area (Å²) in [5, 5.41) is 5.03. The average molecular weight is 614 g/mol. The van der Waals surface area contributed by atoms with E-state index in [0.717, 1.165) is 17.1 Å². The Bertz CT molecular complexity index is 2370. The molecule has 0 amide bonds. The van der Waals surface area contributed by atoms with E-state index in [1.807, 2.05) is 0 Å². The van der Waals surface area contributed by atoms with Crippen molar-refractivity contribution in [2.45, 2.75) is 19.3 Å². The summed E-state index contributed by atoms with van der Waals surface area (Å²) in [5.74, 6) is 0. The maximum absolute atomic E-state index is 2.43. The van der Waals surface area contributed by atoms with Gasteiger partial charge in [0, 0.05) is 22.5 Å². The van der Waals surface area contributed by atoms with Crippen LogP contribution in [0.25, 0.3) is 54.9 Å². The second kappa shape index (κ2) is 11.1. The van der Waals surface area contributed by atoms with Gasteiger partial charge in [-0.25, -0.2) is 0 Å². The minimum Gasteiger partial charge on any atom is -0.310 e. The fourth-order valence-electron chi connectivity index (χ4n) is 7.86. The molecule has 8 aromatic carbocycles. The molecule has 0 atom stereocenters. The van der Waals surface area contributed by atoms with Crippen molar-refractivity contribution < 1.29 is 0 Å². The van der Waals surface area contributed by atoms with Crippen molar-refractivity contribution in [3.8, 4) is 33.4 Å². The molecule has 0 radical (unpaired) electrons. The summed E-state index contributed by atoms with van der Waals surface area (Å²) in [6, 6.07) is 64.5. The zero-order chi connectivity index (χ0) is 32.2. The van der Waals surface area contributed by atoms with E-state index in [4.69, 9.17) is 0 Å². The Morgan fingerprint density at radius 3 is 1.44 bits per heavy atom. The number of rotatable bonds is 5. The summed E-state index contributed by atoms with van der Waals surface area (Å²) < 4.78 is 0. The topological polar surface area (TPSA) is 3.24 Å². The summed E-state index contributed by atoms with van der Waals surface area (Å²) >= 11 is 0. The minimum atomic E-state index is -0.0940. The molecule has 228 valence electrons. The van der Waals surface area contributed by atoms with E-state index < -0.39 is 0 Å². The molecule has 0 unspecified atom stereocenters. The first-order chi connectivity index (χ1) is 23.6. The Morgan fingerprint density at radius 1 is 0.354 bits per heavy atom. The third-order valence-electron chi connectivity index (χ3n) is 10.2. The van der Waals surface area contributed by atoms with Crippen LogP contribution in [0, 0.1) is 0 Å². The van der Waals surface area contributed by atoms with Crippen LogP contribution >= 0.6 is 0 Å². The lowest BCUT2D eigenvalue weighted by Crippen LogP contribution is -2.16. The van der Waals surface area contributed by atoms with Gasteiger partial charge in [0.25, 0.3) is 0 Å². The van der Waals surface area contributed by atoms with Gasteiger partial charge in [0.05, 0.1) is 0 Å². The first-order valence-electron chi connectivity index (χ1n) is 16.8. The van der Waals surface area contributed by atoms with Gasteiger partial charge in [-0.1, -0.05) is 153 Å². The lowest BCUT2D eigenvalue weighted by Gasteiger charge is -2.29. The first kappa shape index (κ1) is 28.3. The molecule has 48 heavy (non-hydrogen) atoms. The largest absolute Gasteiger partial charge is 0.310 e. The minimum absolute atomic E-state index is 0.0940. The van der Waals surface area contributed by atoms with Gasteiger partial charge in [-0.2, -0.15) is 0 Å². The molecule has 1 aliphatic rings. The molecule has 1 heteroatoms. The monoisotopic (exact) mass is 613 g/mol. The van der Waals surface area contributed by atoms with E-state index >= 15 is 0 Å². The van der Waals surface area contributed by atoms with E-state index in [1.165, 1.54) is 66.1 Å². The van der Waals surface area contributed by atoms with Crippen molar-refractivity contribution in [1.82, 2.24) is 0 Å². The number of hydrogen-bond acceptors (Lipinski definition) is 1. The SMILES string of the molecule is CC1(C)c2ccccc2-c2ccc(N(c3cccc(-c4cccc5ccccc45)c3)c3cccc(-c4cccc5ccccc45)c3)cc21. The highest BCUT2D eigenvalue weighted by molar-refractivity contribution is 5.99. The van der Waals surface area contributed by atoms with E-state index in [1.54, 1.807) is 0 Å². The smallest absolute Gasteiger partial charge is 0.0467 e. The van der Waals surface area contributed by atoms with Gasteiger partial charge in [-0.05, 0) is 102 Å². The number of hydrogen-bond donors (Lipinski definition) is 0. The fourth-order valence-corrected chi connectivity index (χ4v) is 7.86. The molecule has 1 nitrogen and oxygen atoms in total. The van der Waals surface area contributed by atoms with Crippen LogP contribution in [0.1, 0.15) is 25.0 Å². The summed E-state index contributed by atoms with van der Waals surface area (Å²) in [7, 11) is 0. The number of nitrogens with zero attached hydrogens (tertiary/aromatic N) is 1. The van der Waals surface area contributed by atoms with Crippen LogP contribution in [0.15, 0.2) is 176 Å². The Hall–Kier alpha value is -5.92. The molecular weight excluding hydrogens is 579 g/mol. The highest BCUT2D eigenvalue weighted by Crippen LogP contribution is 2.51. The lowest BCUT2D eigenvalue weighted by molar-refractivity contribution is 0.660. The Kier molecular flexibility index (Phi) is 6.55. The molecule has 0 aliphatic heterocycles. The van der Waals surface area contributed by atoms with Crippen LogP contribution in [0.2, 0.25) is 0 Å². The maximum Gasteiger partial charge on any atom is 0.0467 e. The third kappa shape index (κ3) is 4.54. The van der Waals surface area contributed by atoms with Crippen molar-refractivity contribution in [3.05, 3.63) is 187 Å². The van der Waals surface area contributed by atoms with Crippen LogP contribution < -0.4 is 4.90 Å². The van der Waals surface area contributed by atoms with Crippen molar-refractivity contribution in [3.63, 3.8) is 0 Å². The quantitative estimate of drug-likeness (QED) is 0.187. The highest BCUT2D eigenvalue weighted by Gasteiger charge is 2.35. The molecule has 9 rings (SSSR count). The van der Waals surface area contributed by atoms with Crippen LogP contribution in [-0.4, -0.2) is 0 Å². The predicted molar refractivity (Wildman–Crippen MR) is 205 cm³/mol. The van der Waals surface area contributed by atoms with Crippen molar-refractivity contribution >= 4 is 38.6 Å². The molecule has 0 saturated carbocycles. The third-order valence-corrected chi connectivity index (χ3v) is 10.2. The molecule has 0 fully saturated rings. The van der Waals surface area contributed by atoms with E-state index in [-0.39, 0.29) is 5.41 Å². The Labute approximate surface area is 282 Å². The van der Waals surface area contributed by atoms with Gasteiger partial charge in [0.2, 0.25) is 0 Å². The van der Waals surface area contributed by atoms with Gasteiger partial charge >= 0.3 is 0 Å². The zero-order valence-corrected chi connectivity index (χ0v) is 27.2. The molecule has 0 N–H and O–H groups in total. The molecular formula is C47H35N. The van der Waals surface area contributed by atoms with Gasteiger partial charge < -0.3 is 4.90 Å². The summed E-state index contributed by atoms with van der Waals surface area (Å²) in [4.78, 5) is 2.43. The molecule has 1 aliphatic carbocycles. The average Bonchev–Trinajstić information content (AvgIpc) is 3.37. The molecule has 8 aromatic rings. The zero-order valence-electron chi connectivity index (χ0n) is 27.2. The second-order valence-electron chi connectivity index (χ2n) is 13.4. The fraction of sp³-hybridized carbons (Fsp3) is 0.0638. The van der Waals surface area contributed by atoms with Gasteiger partial charge in [0.1, 0.15) is 0 Å². The molecule has 0 saturated heterocycles. The summed E-state index contributed by atoms with van der Waals surface area (Å²) in [5.41, 5.74) is 13.6. The standard InChI is InChI=1S/C47H35N/c1-47(2)45-26-8-7-23-43(45)44-28-27-38(31-46(44)47)48(36-19-9-17-34(29-36)41-24-11-15-32-13-3-5-21-39(32)41)37-20-10-18-35(30-37)42-25-12-16-33-14-4-6-22-40(33)42/h3-31H,1-2H3. The van der Waals surface area contributed by atoms with Crippen LogP contribution in [0.5, 0.6) is 0 Å². The van der Waals surface area contributed by atoms with E-state index in [2.05, 4.69) is 195 Å². The number of benzene rings is 8. The number of fused-ring (bicyclic) bond motifs is 5. The summed E-state index contributed by atoms with van der Waals surface area (Å²) in [6.45, 7) is 4.71.